The van der Waals surface area contributed by atoms with Gasteiger partial charge in [-0.1, -0.05) is 96.5 Å². The SMILES string of the molecule is Clc1ccc(-n2c3ccccc3c3ccc4ccccc4c32)cc1-c1ccccc1. The zero-order valence-electron chi connectivity index (χ0n) is 16.2. The molecule has 6 aromatic rings. The Kier molecular flexibility index (Phi) is 3.90. The molecule has 0 spiro atoms. The first-order chi connectivity index (χ1) is 14.8. The molecule has 0 radical (unpaired) electrons. The maximum Gasteiger partial charge on any atom is 0.0619 e. The van der Waals surface area contributed by atoms with Crippen LogP contribution in [-0.4, -0.2) is 4.57 Å². The number of hydrogen-bond donors (Lipinski definition) is 0. The Hall–Kier alpha value is -3.55. The van der Waals surface area contributed by atoms with Crippen LogP contribution in [0.1, 0.15) is 0 Å². The summed E-state index contributed by atoms with van der Waals surface area (Å²) in [5.74, 6) is 0. The van der Waals surface area contributed by atoms with Crippen LogP contribution in [0.2, 0.25) is 5.02 Å². The fraction of sp³-hybridized carbons (Fsp3) is 0. The second-order valence-electron chi connectivity index (χ2n) is 7.57. The lowest BCUT2D eigenvalue weighted by Crippen LogP contribution is -1.95. The van der Waals surface area contributed by atoms with Gasteiger partial charge in [0.25, 0.3) is 0 Å². The van der Waals surface area contributed by atoms with Crippen molar-refractivity contribution >= 4 is 44.2 Å². The molecule has 0 saturated carbocycles. The zero-order valence-corrected chi connectivity index (χ0v) is 17.0. The third-order valence-electron chi connectivity index (χ3n) is 5.85. The minimum Gasteiger partial charge on any atom is -0.309 e. The van der Waals surface area contributed by atoms with Crippen LogP contribution in [0.4, 0.5) is 0 Å². The second kappa shape index (κ2) is 6.76. The van der Waals surface area contributed by atoms with E-state index in [4.69, 9.17) is 11.6 Å². The molecule has 1 heterocycles. The lowest BCUT2D eigenvalue weighted by atomic mass is 10.0. The van der Waals surface area contributed by atoms with E-state index in [0.717, 1.165) is 21.8 Å². The monoisotopic (exact) mass is 403 g/mol. The van der Waals surface area contributed by atoms with Crippen molar-refractivity contribution in [2.75, 3.05) is 0 Å². The number of aromatic nitrogens is 1. The van der Waals surface area contributed by atoms with Crippen LogP contribution in [0.25, 0.3) is 49.4 Å². The molecule has 0 saturated heterocycles. The number of nitrogens with zero attached hydrogens (tertiary/aromatic N) is 1. The van der Waals surface area contributed by atoms with Crippen molar-refractivity contribution in [2.24, 2.45) is 0 Å². The van der Waals surface area contributed by atoms with Gasteiger partial charge in [0, 0.05) is 32.4 Å². The van der Waals surface area contributed by atoms with E-state index < -0.39 is 0 Å². The van der Waals surface area contributed by atoms with Gasteiger partial charge < -0.3 is 4.57 Å². The molecule has 0 unspecified atom stereocenters. The molecule has 1 nitrogen and oxygen atoms in total. The Bertz CT molecular complexity index is 1540. The largest absolute Gasteiger partial charge is 0.309 e. The topological polar surface area (TPSA) is 4.93 Å². The highest BCUT2D eigenvalue weighted by atomic mass is 35.5. The van der Waals surface area contributed by atoms with Crippen molar-refractivity contribution in [3.05, 3.63) is 114 Å². The molecule has 142 valence electrons. The van der Waals surface area contributed by atoms with Gasteiger partial charge in [0.2, 0.25) is 0 Å². The van der Waals surface area contributed by atoms with E-state index in [1.54, 1.807) is 0 Å². The first-order valence-corrected chi connectivity index (χ1v) is 10.5. The van der Waals surface area contributed by atoms with Gasteiger partial charge in [-0.25, -0.2) is 0 Å². The minimum atomic E-state index is 0.760. The van der Waals surface area contributed by atoms with Crippen LogP contribution < -0.4 is 0 Å². The molecule has 2 heteroatoms. The van der Waals surface area contributed by atoms with Gasteiger partial charge in [0.15, 0.2) is 0 Å². The summed E-state index contributed by atoms with van der Waals surface area (Å²) in [5.41, 5.74) is 5.71. The Morgan fingerprint density at radius 1 is 0.567 bits per heavy atom. The lowest BCUT2D eigenvalue weighted by Gasteiger charge is -2.13. The predicted octanol–water partition coefficient (Wildman–Crippen LogP) is 8.26. The Morgan fingerprint density at radius 2 is 1.30 bits per heavy atom. The van der Waals surface area contributed by atoms with E-state index in [0.29, 0.717) is 0 Å². The van der Waals surface area contributed by atoms with Crippen molar-refractivity contribution in [3.8, 4) is 16.8 Å². The predicted molar refractivity (Wildman–Crippen MR) is 129 cm³/mol. The zero-order chi connectivity index (χ0) is 20.1. The van der Waals surface area contributed by atoms with Gasteiger partial charge in [-0.3, -0.25) is 0 Å². The minimum absolute atomic E-state index is 0.760. The van der Waals surface area contributed by atoms with Crippen LogP contribution in [-0.2, 0) is 0 Å². The molecule has 0 N–H and O–H groups in total. The molecule has 0 atom stereocenters. The molecule has 0 aliphatic carbocycles. The van der Waals surface area contributed by atoms with Gasteiger partial charge >= 0.3 is 0 Å². The van der Waals surface area contributed by atoms with Gasteiger partial charge in [0.1, 0.15) is 0 Å². The quantitative estimate of drug-likeness (QED) is 0.274. The van der Waals surface area contributed by atoms with Crippen LogP contribution in [0.15, 0.2) is 109 Å². The summed E-state index contributed by atoms with van der Waals surface area (Å²) < 4.78 is 2.37. The van der Waals surface area contributed by atoms with Crippen molar-refractivity contribution in [2.45, 2.75) is 0 Å². The molecule has 0 aliphatic rings. The molecule has 0 bridgehead atoms. The first-order valence-electron chi connectivity index (χ1n) is 10.1. The first kappa shape index (κ1) is 17.3. The van der Waals surface area contributed by atoms with E-state index in [1.807, 2.05) is 24.3 Å². The summed E-state index contributed by atoms with van der Waals surface area (Å²) in [4.78, 5) is 0. The molecule has 6 rings (SSSR count). The van der Waals surface area contributed by atoms with Gasteiger partial charge in [-0.2, -0.15) is 0 Å². The number of benzene rings is 5. The van der Waals surface area contributed by atoms with Crippen molar-refractivity contribution in [3.63, 3.8) is 0 Å². The van der Waals surface area contributed by atoms with Gasteiger partial charge in [-0.15, -0.1) is 0 Å². The fourth-order valence-electron chi connectivity index (χ4n) is 4.49. The number of halogens is 1. The summed E-state index contributed by atoms with van der Waals surface area (Å²) in [6.45, 7) is 0. The number of fused-ring (bicyclic) bond motifs is 5. The van der Waals surface area contributed by atoms with Crippen molar-refractivity contribution < 1.29 is 0 Å². The molecular formula is C28H18ClN. The molecule has 5 aromatic carbocycles. The number of rotatable bonds is 2. The highest BCUT2D eigenvalue weighted by Gasteiger charge is 2.15. The van der Waals surface area contributed by atoms with Crippen LogP contribution in [0.3, 0.4) is 0 Å². The van der Waals surface area contributed by atoms with Gasteiger partial charge in [-0.05, 0) is 35.2 Å². The van der Waals surface area contributed by atoms with E-state index in [1.165, 1.54) is 32.6 Å². The van der Waals surface area contributed by atoms with Crippen LogP contribution in [0, 0.1) is 0 Å². The average molecular weight is 404 g/mol. The van der Waals surface area contributed by atoms with E-state index >= 15 is 0 Å². The molecule has 0 fully saturated rings. The van der Waals surface area contributed by atoms with E-state index in [2.05, 4.69) is 89.5 Å². The second-order valence-corrected chi connectivity index (χ2v) is 7.97. The van der Waals surface area contributed by atoms with Crippen LogP contribution >= 0.6 is 11.6 Å². The third kappa shape index (κ3) is 2.56. The molecule has 1 aromatic heterocycles. The molecule has 30 heavy (non-hydrogen) atoms. The molecule has 0 aliphatic heterocycles. The highest BCUT2D eigenvalue weighted by Crippen LogP contribution is 2.38. The molecule has 0 amide bonds. The molecular weight excluding hydrogens is 386 g/mol. The summed E-state index contributed by atoms with van der Waals surface area (Å²) >= 11 is 6.61. The maximum absolute atomic E-state index is 6.61. The highest BCUT2D eigenvalue weighted by molar-refractivity contribution is 6.33. The summed E-state index contributed by atoms with van der Waals surface area (Å²) in [7, 11) is 0. The van der Waals surface area contributed by atoms with E-state index in [-0.39, 0.29) is 0 Å². The number of hydrogen-bond acceptors (Lipinski definition) is 0. The van der Waals surface area contributed by atoms with E-state index in [9.17, 15) is 0 Å². The maximum atomic E-state index is 6.61. The van der Waals surface area contributed by atoms with Crippen molar-refractivity contribution in [1.29, 1.82) is 0 Å². The average Bonchev–Trinajstić information content (AvgIpc) is 3.15. The summed E-state index contributed by atoms with van der Waals surface area (Å²) in [6, 6.07) is 38.3. The fourth-order valence-corrected chi connectivity index (χ4v) is 4.72. The normalized spacial score (nSPS) is 11.5. The van der Waals surface area contributed by atoms with Crippen LogP contribution in [0.5, 0.6) is 0 Å². The Balaban J connectivity index is 1.75. The smallest absolute Gasteiger partial charge is 0.0619 e. The Morgan fingerprint density at radius 3 is 2.17 bits per heavy atom. The number of para-hydroxylation sites is 1. The Labute approximate surface area is 179 Å². The lowest BCUT2D eigenvalue weighted by molar-refractivity contribution is 1.19. The standard InChI is InChI=1S/C28H18ClN/c29-26-17-15-21(18-25(26)19-8-2-1-3-9-19)30-27-13-7-6-12-23(27)24-16-14-20-10-4-5-11-22(20)28(24)30/h1-18H. The summed E-state index contributed by atoms with van der Waals surface area (Å²) in [6.07, 6.45) is 0. The van der Waals surface area contributed by atoms with Gasteiger partial charge in [0.05, 0.1) is 11.0 Å². The van der Waals surface area contributed by atoms with Crippen molar-refractivity contribution in [1.82, 2.24) is 4.57 Å². The summed E-state index contributed by atoms with van der Waals surface area (Å²) in [5, 5.41) is 5.78. The third-order valence-corrected chi connectivity index (χ3v) is 6.18.